The van der Waals surface area contributed by atoms with E-state index in [4.69, 9.17) is 0 Å². The zero-order chi connectivity index (χ0) is 25.5. The molecule has 0 amide bonds. The number of fused-ring (bicyclic) bond motifs is 1. The van der Waals surface area contributed by atoms with Crippen molar-refractivity contribution in [2.75, 3.05) is 24.4 Å². The van der Waals surface area contributed by atoms with Gasteiger partial charge in [-0.25, -0.2) is 9.71 Å². The summed E-state index contributed by atoms with van der Waals surface area (Å²) in [4.78, 5) is 3.71. The third kappa shape index (κ3) is 5.83. The first-order valence-electron chi connectivity index (χ1n) is 11.2. The van der Waals surface area contributed by atoms with Gasteiger partial charge in [-0.1, -0.05) is 41.7 Å². The van der Waals surface area contributed by atoms with Gasteiger partial charge in [-0.05, 0) is 64.9 Å². The molecule has 0 aliphatic carbocycles. The summed E-state index contributed by atoms with van der Waals surface area (Å²) in [5.74, 6) is 0. The molecule has 3 heterocycles. The molecule has 0 spiro atoms. The van der Waals surface area contributed by atoms with E-state index in [1.165, 1.54) is 16.4 Å². The van der Waals surface area contributed by atoms with E-state index in [-0.39, 0.29) is 30.6 Å². The van der Waals surface area contributed by atoms with E-state index in [1.807, 2.05) is 18.2 Å². The Morgan fingerprint density at radius 2 is 1.89 bits per heavy atom. The maximum absolute atomic E-state index is 13.5. The summed E-state index contributed by atoms with van der Waals surface area (Å²) in [6, 6.07) is 9.29. The molecule has 0 fully saturated rings. The predicted octanol–water partition coefficient (Wildman–Crippen LogP) is 5.48. The van der Waals surface area contributed by atoms with E-state index in [2.05, 4.69) is 15.0 Å². The van der Waals surface area contributed by atoms with Crippen molar-refractivity contribution in [1.29, 1.82) is 0 Å². The van der Waals surface area contributed by atoms with Crippen LogP contribution < -0.4 is 10.0 Å². The van der Waals surface area contributed by atoms with Crippen molar-refractivity contribution in [3.05, 3.63) is 76.1 Å². The highest BCUT2D eigenvalue weighted by Gasteiger charge is 2.33. The van der Waals surface area contributed by atoms with Crippen LogP contribution in [-0.2, 0) is 29.4 Å². The average Bonchev–Trinajstić information content (AvgIpc) is 3.26. The molecule has 5 rings (SSSR count). The van der Waals surface area contributed by atoms with Gasteiger partial charge >= 0.3 is 16.4 Å². The number of nitrogens with zero attached hydrogens (tertiary/aromatic N) is 2. The third-order valence-corrected chi connectivity index (χ3v) is 8.58. The largest absolute Gasteiger partial charge is 0.416 e. The summed E-state index contributed by atoms with van der Waals surface area (Å²) in [5, 5.41) is 2.53. The second kappa shape index (κ2) is 10.7. The molecule has 13 heteroatoms. The lowest BCUT2D eigenvalue weighted by molar-refractivity contribution is -0.137. The number of halogens is 5. The van der Waals surface area contributed by atoms with E-state index in [1.54, 1.807) is 6.07 Å². The Bertz CT molecular complexity index is 1440. The molecule has 2 aromatic carbocycles. The fourth-order valence-electron chi connectivity index (χ4n) is 4.61. The molecule has 2 aliphatic heterocycles. The fraction of sp³-hybridized carbons (Fsp3) is 0.292. The second-order valence-corrected chi connectivity index (χ2v) is 11.2. The van der Waals surface area contributed by atoms with Crippen LogP contribution >= 0.6 is 23.7 Å². The van der Waals surface area contributed by atoms with Gasteiger partial charge in [0.25, 0.3) is 0 Å². The minimum Gasteiger partial charge on any atom is -0.313 e. The van der Waals surface area contributed by atoms with Gasteiger partial charge in [-0.15, -0.1) is 12.4 Å². The normalized spacial score (nSPS) is 16.5. The number of benzene rings is 2. The van der Waals surface area contributed by atoms with Crippen LogP contribution in [0.3, 0.4) is 0 Å². The molecule has 0 unspecified atom stereocenters. The molecule has 0 radical (unpaired) electrons. The average molecular weight is 575 g/mol. The van der Waals surface area contributed by atoms with Crippen LogP contribution in [0.15, 0.2) is 48.7 Å². The Labute approximate surface area is 222 Å². The third-order valence-electron chi connectivity index (χ3n) is 6.31. The predicted molar refractivity (Wildman–Crippen MR) is 138 cm³/mol. The van der Waals surface area contributed by atoms with Crippen molar-refractivity contribution in [2.45, 2.75) is 25.6 Å². The molecule has 0 bridgehead atoms. The van der Waals surface area contributed by atoms with Crippen molar-refractivity contribution in [3.8, 4) is 11.1 Å². The van der Waals surface area contributed by atoms with Gasteiger partial charge in [0.15, 0.2) is 10.3 Å². The molecule has 3 aromatic rings. The van der Waals surface area contributed by atoms with Gasteiger partial charge in [0, 0.05) is 19.6 Å². The van der Waals surface area contributed by atoms with Crippen molar-refractivity contribution in [2.24, 2.45) is 0 Å². The number of rotatable bonds is 5. The Balaban J connectivity index is 0.00000320. The Kier molecular flexibility index (Phi) is 7.96. The lowest BCUT2D eigenvalue weighted by Gasteiger charge is -2.30. The van der Waals surface area contributed by atoms with Gasteiger partial charge in [0.2, 0.25) is 0 Å². The van der Waals surface area contributed by atoms with E-state index in [0.29, 0.717) is 48.4 Å². The maximum atomic E-state index is 13.5. The van der Waals surface area contributed by atoms with Gasteiger partial charge in [-0.2, -0.15) is 30.3 Å². The summed E-state index contributed by atoms with van der Waals surface area (Å²) in [5.41, 5.74) is 3.85. The van der Waals surface area contributed by atoms with Gasteiger partial charge in [0.05, 0.1) is 11.8 Å². The Morgan fingerprint density at radius 1 is 1.08 bits per heavy atom. The number of aromatic nitrogens is 1. The summed E-state index contributed by atoms with van der Waals surface area (Å²) >= 11 is 0.597. The minimum atomic E-state index is -4.46. The van der Waals surface area contributed by atoms with E-state index >= 15 is 0 Å². The maximum Gasteiger partial charge on any atom is 0.416 e. The van der Waals surface area contributed by atoms with Gasteiger partial charge < -0.3 is 5.32 Å². The molecule has 0 saturated carbocycles. The van der Waals surface area contributed by atoms with E-state index < -0.39 is 27.1 Å². The zero-order valence-corrected chi connectivity index (χ0v) is 21.8. The fourth-order valence-corrected chi connectivity index (χ4v) is 6.53. The highest BCUT2D eigenvalue weighted by molar-refractivity contribution is 7.90. The van der Waals surface area contributed by atoms with Gasteiger partial charge in [0.1, 0.15) is 0 Å². The van der Waals surface area contributed by atoms with Crippen molar-refractivity contribution >= 4 is 44.7 Å². The summed E-state index contributed by atoms with van der Waals surface area (Å²) in [6.07, 6.45) is -0.615. The first-order chi connectivity index (χ1) is 17.1. The Hall–Kier alpha value is -2.51. The molecule has 198 valence electrons. The zero-order valence-electron chi connectivity index (χ0n) is 19.3. The molecule has 1 aromatic heterocycles. The molecule has 37 heavy (non-hydrogen) atoms. The van der Waals surface area contributed by atoms with Crippen molar-refractivity contribution in [1.82, 2.24) is 14.6 Å². The summed E-state index contributed by atoms with van der Waals surface area (Å²) < 4.78 is 83.1. The number of anilines is 1. The minimum absolute atomic E-state index is 0. The highest BCUT2D eigenvalue weighted by atomic mass is 35.5. The standard InChI is InChI=1S/C24H22F4N4O2S2.ClH/c25-22-13-30-23(35-22)31-36(33,34)32-11-8-18-16(14-32)2-1-3-19(18)20-5-4-17(24(26,27)28)12-21(20)15-6-9-29-10-7-15;/h1-6,12-13,29H,7-11,14H2,(H,30,31);1H. The number of hydrogen-bond donors (Lipinski definition) is 2. The van der Waals surface area contributed by atoms with Gasteiger partial charge in [-0.3, -0.25) is 0 Å². The molecule has 2 N–H and O–H groups in total. The monoisotopic (exact) mass is 574 g/mol. The van der Waals surface area contributed by atoms with E-state index in [0.717, 1.165) is 34.5 Å². The Morgan fingerprint density at radius 3 is 2.57 bits per heavy atom. The van der Waals surface area contributed by atoms with Crippen LogP contribution in [0.25, 0.3) is 16.7 Å². The van der Waals surface area contributed by atoms with Crippen LogP contribution in [-0.4, -0.2) is 37.3 Å². The smallest absolute Gasteiger partial charge is 0.313 e. The highest BCUT2D eigenvalue weighted by Crippen LogP contribution is 2.40. The molecular formula is C24H23ClF4N4O2S2. The lowest BCUT2D eigenvalue weighted by Crippen LogP contribution is -2.39. The van der Waals surface area contributed by atoms with Crippen molar-refractivity contribution in [3.63, 3.8) is 0 Å². The summed E-state index contributed by atoms with van der Waals surface area (Å²) in [6.45, 7) is 1.50. The first-order valence-corrected chi connectivity index (χ1v) is 13.5. The first kappa shape index (κ1) is 27.5. The van der Waals surface area contributed by atoms with Crippen LogP contribution in [0.1, 0.15) is 28.7 Å². The number of thiazole rings is 1. The van der Waals surface area contributed by atoms with Crippen LogP contribution in [0.4, 0.5) is 22.7 Å². The molecule has 2 aliphatic rings. The molecule has 0 saturated heterocycles. The molecular weight excluding hydrogens is 552 g/mol. The van der Waals surface area contributed by atoms with Crippen LogP contribution in [0.2, 0.25) is 0 Å². The second-order valence-electron chi connectivity index (χ2n) is 8.55. The SMILES string of the molecule is Cl.O=S(=O)(Nc1ncc(F)s1)N1CCc2c(cccc2-c2ccc(C(F)(F)F)cc2C2=CCNCC2)C1. The van der Waals surface area contributed by atoms with Crippen LogP contribution in [0, 0.1) is 5.13 Å². The van der Waals surface area contributed by atoms with Crippen molar-refractivity contribution < 1.29 is 26.0 Å². The topological polar surface area (TPSA) is 74.3 Å². The van der Waals surface area contributed by atoms with Crippen LogP contribution in [0.5, 0.6) is 0 Å². The molecule has 6 nitrogen and oxygen atoms in total. The van der Waals surface area contributed by atoms with E-state index in [9.17, 15) is 26.0 Å². The summed E-state index contributed by atoms with van der Waals surface area (Å²) in [7, 11) is -3.97. The number of alkyl halides is 3. The quantitative estimate of drug-likeness (QED) is 0.396. The molecule has 0 atom stereocenters. The lowest BCUT2D eigenvalue weighted by atomic mass is 9.85. The number of nitrogens with one attached hydrogen (secondary N) is 2. The number of hydrogen-bond acceptors (Lipinski definition) is 5.